The van der Waals surface area contributed by atoms with Crippen molar-refractivity contribution >= 4 is 33.7 Å². The van der Waals surface area contributed by atoms with Gasteiger partial charge in [0.1, 0.15) is 5.82 Å². The summed E-state index contributed by atoms with van der Waals surface area (Å²) in [5.74, 6) is -2.01. The second kappa shape index (κ2) is 6.95. The summed E-state index contributed by atoms with van der Waals surface area (Å²) in [5.41, 5.74) is 0.247. The molecule has 2 aromatic rings. The van der Waals surface area contributed by atoms with E-state index in [2.05, 4.69) is 15.9 Å². The second-order valence-corrected chi connectivity index (χ2v) is 5.00. The van der Waals surface area contributed by atoms with Gasteiger partial charge in [0.2, 0.25) is 5.75 Å². The van der Waals surface area contributed by atoms with E-state index in [-0.39, 0.29) is 0 Å². The number of ether oxygens (including phenoxy) is 1. The van der Waals surface area contributed by atoms with E-state index in [4.69, 9.17) is 4.74 Å². The van der Waals surface area contributed by atoms with Crippen molar-refractivity contribution in [2.24, 2.45) is 0 Å². The van der Waals surface area contributed by atoms with Crippen molar-refractivity contribution in [2.75, 3.05) is 0 Å². The number of nitrogens with zero attached hydrogens (tertiary/aromatic N) is 1. The van der Waals surface area contributed by atoms with E-state index in [1.165, 1.54) is 6.08 Å². The van der Waals surface area contributed by atoms with Crippen LogP contribution in [-0.4, -0.2) is 10.9 Å². The first-order valence-corrected chi connectivity index (χ1v) is 6.85. The molecule has 0 unspecified atom stereocenters. The number of rotatable bonds is 4. The predicted octanol–water partition coefficient (Wildman–Crippen LogP) is 4.12. The number of halogens is 2. The van der Waals surface area contributed by atoms with Crippen LogP contribution in [0.15, 0.2) is 53.0 Å². The van der Waals surface area contributed by atoms with Gasteiger partial charge in [0, 0.05) is 22.7 Å². The van der Waals surface area contributed by atoms with Crippen molar-refractivity contribution < 1.29 is 18.8 Å². The minimum absolute atomic E-state index is 0.438. The molecule has 0 aromatic heterocycles. The van der Waals surface area contributed by atoms with Gasteiger partial charge >= 0.3 is 11.7 Å². The summed E-state index contributed by atoms with van der Waals surface area (Å²) < 4.78 is 18.7. The maximum atomic E-state index is 13.1. The Kier molecular flexibility index (Phi) is 5.00. The average molecular weight is 366 g/mol. The van der Waals surface area contributed by atoms with Gasteiger partial charge in [0.15, 0.2) is 0 Å². The first-order chi connectivity index (χ1) is 10.5. The summed E-state index contributed by atoms with van der Waals surface area (Å²) >= 11 is 3.31. The molecule has 0 atom stereocenters. The average Bonchev–Trinajstić information content (AvgIpc) is 2.46. The molecule has 2 rings (SSSR count). The van der Waals surface area contributed by atoms with Gasteiger partial charge in [-0.3, -0.25) is 10.1 Å². The monoisotopic (exact) mass is 365 g/mol. The van der Waals surface area contributed by atoms with Crippen LogP contribution in [0.2, 0.25) is 0 Å². The van der Waals surface area contributed by atoms with Crippen LogP contribution in [0.5, 0.6) is 5.75 Å². The van der Waals surface area contributed by atoms with Crippen molar-refractivity contribution in [3.8, 4) is 5.75 Å². The van der Waals surface area contributed by atoms with Crippen LogP contribution in [0.25, 0.3) is 6.08 Å². The van der Waals surface area contributed by atoms with Gasteiger partial charge in [-0.15, -0.1) is 0 Å². The van der Waals surface area contributed by atoms with Crippen molar-refractivity contribution in [1.29, 1.82) is 0 Å². The lowest BCUT2D eigenvalue weighted by Crippen LogP contribution is -2.06. The molecule has 0 bridgehead atoms. The summed E-state index contributed by atoms with van der Waals surface area (Å²) in [4.78, 5) is 21.8. The van der Waals surface area contributed by atoms with Crippen LogP contribution in [0.3, 0.4) is 0 Å². The topological polar surface area (TPSA) is 69.4 Å². The molecule has 2 aromatic carbocycles. The van der Waals surface area contributed by atoms with E-state index in [1.807, 2.05) is 6.07 Å². The zero-order valence-corrected chi connectivity index (χ0v) is 12.6. The Morgan fingerprint density at radius 1 is 1.27 bits per heavy atom. The van der Waals surface area contributed by atoms with E-state index in [9.17, 15) is 19.3 Å². The Morgan fingerprint density at radius 3 is 2.68 bits per heavy atom. The van der Waals surface area contributed by atoms with Crippen molar-refractivity contribution in [3.05, 3.63) is 74.5 Å². The van der Waals surface area contributed by atoms with E-state index in [1.54, 1.807) is 18.2 Å². The van der Waals surface area contributed by atoms with Gasteiger partial charge in [-0.25, -0.2) is 9.18 Å². The molecule has 7 heteroatoms. The maximum Gasteiger partial charge on any atom is 0.336 e. The molecule has 0 aliphatic rings. The van der Waals surface area contributed by atoms with E-state index in [0.717, 1.165) is 34.3 Å². The molecule has 112 valence electrons. The standard InChI is InChI=1S/C15H9BrFNO4/c16-12-4-2-1-3-10(12)5-8-15(19)22-14-9-11(17)6-7-13(14)18(20)21/h1-9H. The minimum atomic E-state index is -0.843. The number of esters is 1. The summed E-state index contributed by atoms with van der Waals surface area (Å²) in [5, 5.41) is 10.8. The Labute approximate surface area is 133 Å². The molecule has 0 saturated carbocycles. The third-order valence-electron chi connectivity index (χ3n) is 2.63. The number of nitro benzene ring substituents is 1. The first-order valence-electron chi connectivity index (χ1n) is 6.06. The van der Waals surface area contributed by atoms with Gasteiger partial charge in [-0.2, -0.15) is 0 Å². The van der Waals surface area contributed by atoms with Crippen LogP contribution >= 0.6 is 15.9 Å². The fraction of sp³-hybridized carbons (Fsp3) is 0. The Hall–Kier alpha value is -2.54. The minimum Gasteiger partial charge on any atom is -0.416 e. The maximum absolute atomic E-state index is 13.1. The zero-order chi connectivity index (χ0) is 16.1. The molecule has 0 spiro atoms. The molecule has 0 amide bonds. The number of carbonyl (C=O) groups excluding carboxylic acids is 1. The quantitative estimate of drug-likeness (QED) is 0.268. The van der Waals surface area contributed by atoms with Crippen molar-refractivity contribution in [1.82, 2.24) is 0 Å². The lowest BCUT2D eigenvalue weighted by atomic mass is 10.2. The molecule has 0 N–H and O–H groups in total. The highest BCUT2D eigenvalue weighted by Gasteiger charge is 2.17. The fourth-order valence-electron chi connectivity index (χ4n) is 1.63. The smallest absolute Gasteiger partial charge is 0.336 e. The van der Waals surface area contributed by atoms with Crippen LogP contribution in [0.1, 0.15) is 5.56 Å². The zero-order valence-electron chi connectivity index (χ0n) is 11.0. The molecule has 5 nitrogen and oxygen atoms in total. The molecular weight excluding hydrogens is 357 g/mol. The van der Waals surface area contributed by atoms with E-state index in [0.29, 0.717) is 0 Å². The van der Waals surface area contributed by atoms with Gasteiger partial charge in [0.25, 0.3) is 0 Å². The Morgan fingerprint density at radius 2 is 2.00 bits per heavy atom. The highest BCUT2D eigenvalue weighted by atomic mass is 79.9. The summed E-state index contributed by atoms with van der Waals surface area (Å²) in [7, 11) is 0. The van der Waals surface area contributed by atoms with Gasteiger partial charge in [0.05, 0.1) is 4.92 Å². The Balaban J connectivity index is 2.18. The van der Waals surface area contributed by atoms with Crippen LogP contribution in [-0.2, 0) is 4.79 Å². The van der Waals surface area contributed by atoms with Gasteiger partial charge < -0.3 is 4.74 Å². The van der Waals surface area contributed by atoms with Crippen molar-refractivity contribution in [3.63, 3.8) is 0 Å². The molecular formula is C15H9BrFNO4. The molecule has 0 aliphatic carbocycles. The summed E-state index contributed by atoms with van der Waals surface area (Å²) in [6.45, 7) is 0. The lowest BCUT2D eigenvalue weighted by molar-refractivity contribution is -0.385. The molecule has 0 saturated heterocycles. The van der Waals surface area contributed by atoms with Gasteiger partial charge in [-0.1, -0.05) is 34.1 Å². The number of hydrogen-bond acceptors (Lipinski definition) is 4. The number of hydrogen-bond donors (Lipinski definition) is 0. The predicted molar refractivity (Wildman–Crippen MR) is 81.9 cm³/mol. The molecule has 22 heavy (non-hydrogen) atoms. The highest BCUT2D eigenvalue weighted by molar-refractivity contribution is 9.10. The van der Waals surface area contributed by atoms with Crippen LogP contribution < -0.4 is 4.74 Å². The summed E-state index contributed by atoms with van der Waals surface area (Å²) in [6.07, 6.45) is 2.59. The van der Waals surface area contributed by atoms with Gasteiger partial charge in [-0.05, 0) is 23.8 Å². The Bertz CT molecular complexity index is 761. The third-order valence-corrected chi connectivity index (χ3v) is 3.36. The molecule has 0 radical (unpaired) electrons. The highest BCUT2D eigenvalue weighted by Crippen LogP contribution is 2.27. The largest absolute Gasteiger partial charge is 0.416 e. The van der Waals surface area contributed by atoms with Crippen LogP contribution in [0.4, 0.5) is 10.1 Å². The third kappa shape index (κ3) is 3.98. The van der Waals surface area contributed by atoms with Crippen LogP contribution in [0, 0.1) is 15.9 Å². The molecule has 0 heterocycles. The number of carbonyl (C=O) groups is 1. The number of benzene rings is 2. The first kappa shape index (κ1) is 15.8. The van der Waals surface area contributed by atoms with E-state index >= 15 is 0 Å². The summed E-state index contributed by atoms with van der Waals surface area (Å²) in [6, 6.07) is 9.81. The fourth-order valence-corrected chi connectivity index (χ4v) is 2.05. The number of nitro groups is 1. The second-order valence-electron chi connectivity index (χ2n) is 4.15. The molecule has 0 aliphatic heterocycles. The van der Waals surface area contributed by atoms with Crippen molar-refractivity contribution in [2.45, 2.75) is 0 Å². The lowest BCUT2D eigenvalue weighted by Gasteiger charge is -2.03. The van der Waals surface area contributed by atoms with E-state index < -0.39 is 28.1 Å². The molecule has 0 fully saturated rings. The normalized spacial score (nSPS) is 10.6. The SMILES string of the molecule is O=C(C=Cc1ccccc1Br)Oc1cc(F)ccc1[N+](=O)[O-].